The van der Waals surface area contributed by atoms with Crippen LogP contribution in [0.25, 0.3) is 0 Å². The Morgan fingerprint density at radius 1 is 1.83 bits per heavy atom. The van der Waals surface area contributed by atoms with Gasteiger partial charge in [-0.1, -0.05) is 0 Å². The van der Waals surface area contributed by atoms with Gasteiger partial charge in [-0.15, -0.1) is 0 Å². The molecule has 0 amide bonds. The van der Waals surface area contributed by atoms with E-state index < -0.39 is 0 Å². The third kappa shape index (κ3) is 0.463. The molecule has 1 heterocycles. The molecule has 0 saturated heterocycles. The van der Waals surface area contributed by atoms with Crippen molar-refractivity contribution >= 4 is 11.5 Å². The van der Waals surface area contributed by atoms with Crippen molar-refractivity contribution in [2.75, 3.05) is 0 Å². The Kier molecular flexibility index (Phi) is 0.719. The average molecular weight is 101 g/mol. The average Bonchev–Trinajstić information content (AvgIpc) is 1.86. The maximum absolute atomic E-state index is 9.91. The molecule has 4 heteroatoms. The van der Waals surface area contributed by atoms with Gasteiger partial charge in [0.25, 0.3) is 0 Å². The number of hydrogen-bond acceptors (Lipinski definition) is 3. The Labute approximate surface area is 38.4 Å². The fourth-order valence-electron chi connectivity index (χ4n) is 0.163. The third-order valence-electron chi connectivity index (χ3n) is 0.341. The molecule has 0 aromatic carbocycles. The standard InChI is InChI=1S/C2HN2OS/c5-2-3-1-4-6-2/h1H. The molecule has 0 fully saturated rings. The first kappa shape index (κ1) is 3.55. The zero-order valence-corrected chi connectivity index (χ0v) is 3.60. The van der Waals surface area contributed by atoms with Crippen molar-refractivity contribution in [3.05, 3.63) is 6.33 Å². The molecule has 0 N–H and O–H groups in total. The van der Waals surface area contributed by atoms with Gasteiger partial charge in [0.05, 0.1) is 0 Å². The molecule has 1 aromatic rings. The van der Waals surface area contributed by atoms with Crippen molar-refractivity contribution in [3.63, 3.8) is 0 Å². The van der Waals surface area contributed by atoms with Crippen molar-refractivity contribution in [1.29, 1.82) is 0 Å². The van der Waals surface area contributed by atoms with Crippen LogP contribution in [0, 0.1) is 0 Å². The lowest BCUT2D eigenvalue weighted by Gasteiger charge is -1.55. The fraction of sp³-hybridized carbons (Fsp3) is 0. The molecular weight excluding hydrogens is 100 g/mol. The Morgan fingerprint density at radius 3 is 2.83 bits per heavy atom. The molecule has 3 nitrogen and oxygen atoms in total. The molecule has 1 radical (unpaired) electrons. The van der Waals surface area contributed by atoms with Crippen LogP contribution in [0.4, 0.5) is 0 Å². The number of rotatable bonds is 0. The summed E-state index contributed by atoms with van der Waals surface area (Å²) in [5.74, 6) is 0. The number of nitrogens with zero attached hydrogens (tertiary/aromatic N) is 2. The Morgan fingerprint density at radius 2 is 2.67 bits per heavy atom. The van der Waals surface area contributed by atoms with E-state index in [0.717, 1.165) is 11.5 Å². The Hall–Kier alpha value is -0.640. The SMILES string of the molecule is [O]c1ncns1. The van der Waals surface area contributed by atoms with Crippen LogP contribution < -0.4 is 0 Å². The normalized spacial score (nSPS) is 8.67. The summed E-state index contributed by atoms with van der Waals surface area (Å²) in [5.41, 5.74) is 0. The minimum absolute atomic E-state index is 0.227. The van der Waals surface area contributed by atoms with Crippen LogP contribution in [0.3, 0.4) is 0 Å². The van der Waals surface area contributed by atoms with E-state index in [4.69, 9.17) is 0 Å². The second kappa shape index (κ2) is 1.22. The smallest absolute Gasteiger partial charge is 0.253 e. The van der Waals surface area contributed by atoms with Gasteiger partial charge in [0, 0.05) is 11.5 Å². The largest absolute Gasteiger partial charge is 0.345 e. The summed E-state index contributed by atoms with van der Waals surface area (Å²) >= 11 is 0.861. The van der Waals surface area contributed by atoms with Crippen LogP contribution in [0.15, 0.2) is 6.33 Å². The molecule has 0 bridgehead atoms. The van der Waals surface area contributed by atoms with Crippen LogP contribution in [-0.4, -0.2) is 9.36 Å². The first-order valence-corrected chi connectivity index (χ1v) is 2.10. The van der Waals surface area contributed by atoms with Gasteiger partial charge in [-0.25, -0.2) is 0 Å². The van der Waals surface area contributed by atoms with Gasteiger partial charge < -0.3 is 0 Å². The van der Waals surface area contributed by atoms with Gasteiger partial charge in [-0.3, -0.25) is 5.11 Å². The number of hydrogen-bond donors (Lipinski definition) is 0. The van der Waals surface area contributed by atoms with Crippen molar-refractivity contribution in [2.45, 2.75) is 0 Å². The highest BCUT2D eigenvalue weighted by Crippen LogP contribution is 2.05. The molecule has 0 aliphatic rings. The van der Waals surface area contributed by atoms with E-state index in [1.807, 2.05) is 0 Å². The second-order valence-corrected chi connectivity index (χ2v) is 1.45. The molecule has 0 aliphatic heterocycles. The van der Waals surface area contributed by atoms with Gasteiger partial charge in [0.2, 0.25) is 0 Å². The number of aromatic nitrogens is 2. The Balaban J connectivity index is 3.05. The summed E-state index contributed by atoms with van der Waals surface area (Å²) in [7, 11) is 0. The highest BCUT2D eigenvalue weighted by molar-refractivity contribution is 7.07. The minimum atomic E-state index is -0.227. The van der Waals surface area contributed by atoms with E-state index in [-0.39, 0.29) is 5.19 Å². The van der Waals surface area contributed by atoms with Crippen molar-refractivity contribution < 1.29 is 5.11 Å². The van der Waals surface area contributed by atoms with E-state index in [9.17, 15) is 5.11 Å². The van der Waals surface area contributed by atoms with Crippen molar-refractivity contribution in [3.8, 4) is 5.19 Å². The predicted molar refractivity (Wildman–Crippen MR) is 20.0 cm³/mol. The molecule has 1 aromatic heterocycles. The van der Waals surface area contributed by atoms with E-state index >= 15 is 0 Å². The molecule has 6 heavy (non-hydrogen) atoms. The van der Waals surface area contributed by atoms with E-state index in [0.29, 0.717) is 0 Å². The molecule has 1 rings (SSSR count). The topological polar surface area (TPSA) is 45.7 Å². The van der Waals surface area contributed by atoms with Gasteiger partial charge >= 0.3 is 5.19 Å². The molecule has 0 aliphatic carbocycles. The van der Waals surface area contributed by atoms with Gasteiger partial charge in [0.15, 0.2) is 0 Å². The van der Waals surface area contributed by atoms with Crippen LogP contribution in [0.2, 0.25) is 0 Å². The summed E-state index contributed by atoms with van der Waals surface area (Å²) in [6, 6.07) is 0. The zero-order valence-electron chi connectivity index (χ0n) is 2.79. The highest BCUT2D eigenvalue weighted by Gasteiger charge is 1.85. The molecule has 31 valence electrons. The minimum Gasteiger partial charge on any atom is -0.253 e. The fourth-order valence-corrected chi connectivity index (χ4v) is 0.442. The molecular formula is C2HN2OS. The lowest BCUT2D eigenvalue weighted by Crippen LogP contribution is -1.48. The van der Waals surface area contributed by atoms with E-state index in [1.165, 1.54) is 6.33 Å². The molecule has 0 atom stereocenters. The molecule has 0 spiro atoms. The monoisotopic (exact) mass is 101 g/mol. The van der Waals surface area contributed by atoms with Gasteiger partial charge in [-0.2, -0.15) is 9.36 Å². The van der Waals surface area contributed by atoms with Crippen LogP contribution >= 0.6 is 11.5 Å². The molecule has 0 unspecified atom stereocenters. The maximum atomic E-state index is 9.91. The lowest BCUT2D eigenvalue weighted by molar-refractivity contribution is 0.352. The first-order valence-electron chi connectivity index (χ1n) is 1.33. The summed E-state index contributed by atoms with van der Waals surface area (Å²) in [5, 5.41) is 9.69. The summed E-state index contributed by atoms with van der Waals surface area (Å²) in [4.78, 5) is 3.27. The predicted octanol–water partition coefficient (Wildman–Crippen LogP) is 0.682. The third-order valence-corrected chi connectivity index (χ3v) is 0.802. The van der Waals surface area contributed by atoms with Crippen molar-refractivity contribution in [2.24, 2.45) is 0 Å². The summed E-state index contributed by atoms with van der Waals surface area (Å²) in [6.45, 7) is 0. The van der Waals surface area contributed by atoms with Gasteiger partial charge in [0.1, 0.15) is 6.33 Å². The van der Waals surface area contributed by atoms with E-state index in [1.54, 1.807) is 0 Å². The summed E-state index contributed by atoms with van der Waals surface area (Å²) < 4.78 is 3.44. The van der Waals surface area contributed by atoms with Gasteiger partial charge in [-0.05, 0) is 0 Å². The second-order valence-electron chi connectivity index (χ2n) is 0.707. The van der Waals surface area contributed by atoms with Crippen LogP contribution in [-0.2, 0) is 5.11 Å². The van der Waals surface area contributed by atoms with Crippen molar-refractivity contribution in [1.82, 2.24) is 9.36 Å². The van der Waals surface area contributed by atoms with Crippen LogP contribution in [0.5, 0.6) is 5.19 Å². The zero-order chi connectivity index (χ0) is 4.41. The Bertz CT molecular complexity index is 115. The first-order chi connectivity index (χ1) is 2.89. The summed E-state index contributed by atoms with van der Waals surface area (Å²) in [6.07, 6.45) is 1.24. The highest BCUT2D eigenvalue weighted by atomic mass is 32.1. The quantitative estimate of drug-likeness (QED) is 0.482. The van der Waals surface area contributed by atoms with Crippen LogP contribution in [0.1, 0.15) is 0 Å². The molecule has 0 saturated carbocycles. The lowest BCUT2D eigenvalue weighted by atomic mass is 11.3. The van der Waals surface area contributed by atoms with E-state index in [2.05, 4.69) is 9.36 Å². The maximum Gasteiger partial charge on any atom is 0.345 e.